The Balaban J connectivity index is 1.64. The molecule has 0 aliphatic carbocycles. The number of halogens is 1. The fraction of sp³-hybridized carbons (Fsp3) is 0.588. The number of nitrogens with zero attached hydrogens (tertiary/aromatic N) is 2. The van der Waals surface area contributed by atoms with E-state index < -0.39 is 5.82 Å². The van der Waals surface area contributed by atoms with Crippen LogP contribution in [0.5, 0.6) is 0 Å². The number of ether oxygens (including phenoxy) is 1. The summed E-state index contributed by atoms with van der Waals surface area (Å²) in [5.41, 5.74) is 0.955. The molecule has 2 aliphatic rings. The molecule has 4 nitrogen and oxygen atoms in total. The molecule has 0 bridgehead atoms. The van der Waals surface area contributed by atoms with Crippen molar-refractivity contribution >= 4 is 11.5 Å². The molecule has 5 heteroatoms. The van der Waals surface area contributed by atoms with Crippen molar-refractivity contribution in [2.75, 3.05) is 50.8 Å². The summed E-state index contributed by atoms with van der Waals surface area (Å²) in [5.74, 6) is 0.0164. The van der Waals surface area contributed by atoms with Crippen LogP contribution in [0.4, 0.5) is 10.1 Å². The van der Waals surface area contributed by atoms with Crippen molar-refractivity contribution in [1.29, 1.82) is 0 Å². The molecular weight excluding hydrogens is 283 g/mol. The van der Waals surface area contributed by atoms with E-state index in [4.69, 9.17) is 4.74 Å². The molecule has 0 N–H and O–H groups in total. The molecule has 2 heterocycles. The average Bonchev–Trinajstić information content (AvgIpc) is 3.00. The number of hydrogen-bond donors (Lipinski definition) is 0. The highest BCUT2D eigenvalue weighted by atomic mass is 19.1. The third-order valence-electron chi connectivity index (χ3n) is 4.60. The van der Waals surface area contributed by atoms with E-state index in [0.717, 1.165) is 58.0 Å². The van der Waals surface area contributed by atoms with Crippen molar-refractivity contribution in [2.45, 2.75) is 13.3 Å². The predicted molar refractivity (Wildman–Crippen MR) is 84.0 cm³/mol. The SMILES string of the molecule is CC(=O)c1c(F)cccc1N1CCN(CC2CCOC2)CC1. The van der Waals surface area contributed by atoms with Gasteiger partial charge in [0.25, 0.3) is 0 Å². The topological polar surface area (TPSA) is 32.8 Å². The molecular formula is C17H23FN2O2. The number of Topliss-reactive ketones (excluding diaryl/α,β-unsaturated/α-hetero) is 1. The summed E-state index contributed by atoms with van der Waals surface area (Å²) in [6.07, 6.45) is 1.15. The lowest BCUT2D eigenvalue weighted by molar-refractivity contribution is 0.101. The van der Waals surface area contributed by atoms with Crippen LogP contribution in [0.2, 0.25) is 0 Å². The molecule has 0 amide bonds. The fourth-order valence-electron chi connectivity index (χ4n) is 3.39. The number of anilines is 1. The minimum Gasteiger partial charge on any atom is -0.381 e. The Labute approximate surface area is 130 Å². The Morgan fingerprint density at radius 1 is 1.32 bits per heavy atom. The maximum absolute atomic E-state index is 13.9. The lowest BCUT2D eigenvalue weighted by atomic mass is 10.1. The van der Waals surface area contributed by atoms with Crippen molar-refractivity contribution in [3.05, 3.63) is 29.6 Å². The van der Waals surface area contributed by atoms with Crippen LogP contribution in [-0.4, -0.2) is 56.6 Å². The van der Waals surface area contributed by atoms with Gasteiger partial charge in [0.05, 0.1) is 17.9 Å². The van der Waals surface area contributed by atoms with Crippen LogP contribution < -0.4 is 4.90 Å². The van der Waals surface area contributed by atoms with Crippen LogP contribution in [0.1, 0.15) is 23.7 Å². The van der Waals surface area contributed by atoms with Crippen molar-refractivity contribution < 1.29 is 13.9 Å². The van der Waals surface area contributed by atoms with Gasteiger partial charge in [0.2, 0.25) is 0 Å². The number of carbonyl (C=O) groups is 1. The first-order valence-electron chi connectivity index (χ1n) is 7.99. The highest BCUT2D eigenvalue weighted by Gasteiger charge is 2.25. The standard InChI is InChI=1S/C17H23FN2O2/c1-13(21)17-15(18)3-2-4-16(17)20-8-6-19(7-9-20)11-14-5-10-22-12-14/h2-4,14H,5-12H2,1H3. The van der Waals surface area contributed by atoms with E-state index in [1.165, 1.54) is 13.0 Å². The van der Waals surface area contributed by atoms with Gasteiger partial charge in [0.15, 0.2) is 5.78 Å². The molecule has 2 fully saturated rings. The normalized spacial score (nSPS) is 23.0. The second kappa shape index (κ2) is 6.75. The van der Waals surface area contributed by atoms with Crippen molar-refractivity contribution in [3.63, 3.8) is 0 Å². The van der Waals surface area contributed by atoms with Crippen LogP contribution in [0, 0.1) is 11.7 Å². The first kappa shape index (κ1) is 15.4. The maximum Gasteiger partial charge on any atom is 0.164 e. The zero-order valence-corrected chi connectivity index (χ0v) is 13.1. The van der Waals surface area contributed by atoms with Crippen LogP contribution in [0.3, 0.4) is 0 Å². The second-order valence-electron chi connectivity index (χ2n) is 6.21. The van der Waals surface area contributed by atoms with E-state index in [1.807, 2.05) is 6.07 Å². The summed E-state index contributed by atoms with van der Waals surface area (Å²) < 4.78 is 19.4. The monoisotopic (exact) mass is 306 g/mol. The molecule has 1 aromatic rings. The summed E-state index contributed by atoms with van der Waals surface area (Å²) in [7, 11) is 0. The molecule has 1 aromatic carbocycles. The van der Waals surface area contributed by atoms with E-state index in [9.17, 15) is 9.18 Å². The van der Waals surface area contributed by atoms with Gasteiger partial charge in [-0.1, -0.05) is 6.07 Å². The van der Waals surface area contributed by atoms with E-state index in [0.29, 0.717) is 5.92 Å². The molecule has 1 atom stereocenters. The summed E-state index contributed by atoms with van der Waals surface area (Å²) in [6, 6.07) is 4.89. The Morgan fingerprint density at radius 3 is 2.73 bits per heavy atom. The van der Waals surface area contributed by atoms with Crippen molar-refractivity contribution in [2.24, 2.45) is 5.92 Å². The quantitative estimate of drug-likeness (QED) is 0.798. The number of piperazine rings is 1. The molecule has 0 aromatic heterocycles. The van der Waals surface area contributed by atoms with Gasteiger partial charge in [-0.3, -0.25) is 9.69 Å². The summed E-state index contributed by atoms with van der Waals surface area (Å²) in [6.45, 7) is 7.83. The summed E-state index contributed by atoms with van der Waals surface area (Å²) in [4.78, 5) is 16.3. The van der Waals surface area contributed by atoms with Crippen molar-refractivity contribution in [3.8, 4) is 0 Å². The van der Waals surface area contributed by atoms with Crippen LogP contribution in [-0.2, 0) is 4.74 Å². The zero-order valence-electron chi connectivity index (χ0n) is 13.1. The fourth-order valence-corrected chi connectivity index (χ4v) is 3.39. The summed E-state index contributed by atoms with van der Waals surface area (Å²) in [5, 5.41) is 0. The highest BCUT2D eigenvalue weighted by Crippen LogP contribution is 2.25. The van der Waals surface area contributed by atoms with Gasteiger partial charge in [0, 0.05) is 39.3 Å². The third-order valence-corrected chi connectivity index (χ3v) is 4.60. The third kappa shape index (κ3) is 3.31. The molecule has 0 spiro atoms. The van der Waals surface area contributed by atoms with Gasteiger partial charge in [-0.25, -0.2) is 4.39 Å². The molecule has 120 valence electrons. The minimum atomic E-state index is -0.421. The lowest BCUT2D eigenvalue weighted by Crippen LogP contribution is -2.48. The Bertz CT molecular complexity index is 535. The van der Waals surface area contributed by atoms with Crippen LogP contribution in [0.15, 0.2) is 18.2 Å². The number of hydrogen-bond acceptors (Lipinski definition) is 4. The predicted octanol–water partition coefficient (Wildman–Crippen LogP) is 2.19. The lowest BCUT2D eigenvalue weighted by Gasteiger charge is -2.37. The van der Waals surface area contributed by atoms with Crippen LogP contribution in [0.25, 0.3) is 0 Å². The molecule has 0 saturated carbocycles. The molecule has 22 heavy (non-hydrogen) atoms. The number of carbonyl (C=O) groups excluding carboxylic acids is 1. The Hall–Kier alpha value is -1.46. The molecule has 1 unspecified atom stereocenters. The largest absolute Gasteiger partial charge is 0.381 e. The van der Waals surface area contributed by atoms with Gasteiger partial charge < -0.3 is 9.64 Å². The maximum atomic E-state index is 13.9. The first-order valence-corrected chi connectivity index (χ1v) is 7.99. The van der Waals surface area contributed by atoms with Gasteiger partial charge in [-0.05, 0) is 31.4 Å². The van der Waals surface area contributed by atoms with E-state index in [1.54, 1.807) is 6.07 Å². The first-order chi connectivity index (χ1) is 10.6. The van der Waals surface area contributed by atoms with E-state index in [-0.39, 0.29) is 11.3 Å². The molecule has 2 saturated heterocycles. The number of rotatable bonds is 4. The van der Waals surface area contributed by atoms with E-state index in [2.05, 4.69) is 9.80 Å². The van der Waals surface area contributed by atoms with Gasteiger partial charge in [0.1, 0.15) is 5.82 Å². The highest BCUT2D eigenvalue weighted by molar-refractivity contribution is 6.00. The minimum absolute atomic E-state index is 0.210. The number of ketones is 1. The molecule has 2 aliphatic heterocycles. The number of benzene rings is 1. The Morgan fingerprint density at radius 2 is 2.09 bits per heavy atom. The average molecular weight is 306 g/mol. The molecule has 0 radical (unpaired) electrons. The van der Waals surface area contributed by atoms with Gasteiger partial charge >= 0.3 is 0 Å². The van der Waals surface area contributed by atoms with Gasteiger partial charge in [-0.2, -0.15) is 0 Å². The second-order valence-corrected chi connectivity index (χ2v) is 6.21. The van der Waals surface area contributed by atoms with Crippen LogP contribution >= 0.6 is 0 Å². The molecule has 3 rings (SSSR count). The van der Waals surface area contributed by atoms with E-state index >= 15 is 0 Å². The summed E-state index contributed by atoms with van der Waals surface area (Å²) >= 11 is 0. The van der Waals surface area contributed by atoms with Gasteiger partial charge in [-0.15, -0.1) is 0 Å². The smallest absolute Gasteiger partial charge is 0.164 e. The zero-order chi connectivity index (χ0) is 15.5. The Kier molecular flexibility index (Phi) is 4.74. The van der Waals surface area contributed by atoms with Crippen molar-refractivity contribution in [1.82, 2.24) is 4.90 Å².